The molecule has 1 saturated heterocycles. The van der Waals surface area contributed by atoms with Gasteiger partial charge in [-0.25, -0.2) is 0 Å². The van der Waals surface area contributed by atoms with Crippen molar-refractivity contribution in [2.24, 2.45) is 5.73 Å². The topological polar surface area (TPSA) is 69.8 Å². The molecular formula is C15H31N3O2. The Morgan fingerprint density at radius 2 is 2.00 bits per heavy atom. The van der Waals surface area contributed by atoms with Crippen molar-refractivity contribution in [3.05, 3.63) is 0 Å². The van der Waals surface area contributed by atoms with Crippen molar-refractivity contribution in [3.8, 4) is 0 Å². The zero-order chi connectivity index (χ0) is 15.2. The summed E-state index contributed by atoms with van der Waals surface area (Å²) in [5.74, 6) is -0.876. The monoisotopic (exact) mass is 285 g/mol. The van der Waals surface area contributed by atoms with Crippen LogP contribution in [0.1, 0.15) is 46.0 Å². The molecule has 0 bridgehead atoms. The van der Waals surface area contributed by atoms with Gasteiger partial charge in [0.05, 0.1) is 0 Å². The minimum Gasteiger partial charge on any atom is -0.480 e. The van der Waals surface area contributed by atoms with E-state index in [4.69, 9.17) is 10.8 Å². The zero-order valence-corrected chi connectivity index (χ0v) is 13.3. The highest BCUT2D eigenvalue weighted by molar-refractivity contribution is 5.78. The molecule has 118 valence electrons. The Hall–Kier alpha value is -0.650. The van der Waals surface area contributed by atoms with Gasteiger partial charge in [0, 0.05) is 6.04 Å². The maximum absolute atomic E-state index is 11.2. The van der Waals surface area contributed by atoms with E-state index in [9.17, 15) is 4.79 Å². The second kappa shape index (κ2) is 7.96. The molecule has 5 nitrogen and oxygen atoms in total. The summed E-state index contributed by atoms with van der Waals surface area (Å²) in [5.41, 5.74) is 4.87. The number of aliphatic carboxylic acids is 1. The lowest BCUT2D eigenvalue weighted by Gasteiger charge is -2.36. The molecule has 1 aliphatic rings. The number of nitrogens with two attached hydrogens (primary N) is 1. The molecule has 0 spiro atoms. The van der Waals surface area contributed by atoms with Crippen molar-refractivity contribution in [2.45, 2.75) is 57.5 Å². The van der Waals surface area contributed by atoms with E-state index in [1.807, 2.05) is 6.92 Å². The fraction of sp³-hybridized carbons (Fsp3) is 0.933. The SMILES string of the molecule is CCN1CCC(N(C)CCCC(N)(CC)C(=O)O)CC1. The van der Waals surface area contributed by atoms with Gasteiger partial charge in [0.2, 0.25) is 0 Å². The quantitative estimate of drug-likeness (QED) is 0.705. The van der Waals surface area contributed by atoms with Crippen LogP contribution < -0.4 is 5.73 Å². The fourth-order valence-corrected chi connectivity index (χ4v) is 2.94. The molecule has 0 saturated carbocycles. The van der Waals surface area contributed by atoms with E-state index in [-0.39, 0.29) is 0 Å². The van der Waals surface area contributed by atoms with Crippen LogP contribution in [0.15, 0.2) is 0 Å². The number of carbonyl (C=O) groups is 1. The second-order valence-electron chi connectivity index (χ2n) is 6.06. The first-order chi connectivity index (χ1) is 9.42. The van der Waals surface area contributed by atoms with E-state index in [0.717, 1.165) is 19.5 Å². The van der Waals surface area contributed by atoms with Gasteiger partial charge in [0.1, 0.15) is 5.54 Å². The molecule has 3 N–H and O–H groups in total. The number of carboxylic acid groups (broad SMARTS) is 1. The van der Waals surface area contributed by atoms with Crippen LogP contribution >= 0.6 is 0 Å². The molecule has 0 aromatic carbocycles. The highest BCUT2D eigenvalue weighted by Crippen LogP contribution is 2.18. The van der Waals surface area contributed by atoms with Gasteiger partial charge in [-0.2, -0.15) is 0 Å². The third kappa shape index (κ3) is 4.72. The Morgan fingerprint density at radius 1 is 1.40 bits per heavy atom. The van der Waals surface area contributed by atoms with Crippen molar-refractivity contribution >= 4 is 5.97 Å². The van der Waals surface area contributed by atoms with Crippen LogP contribution in [0.2, 0.25) is 0 Å². The second-order valence-corrected chi connectivity index (χ2v) is 6.06. The molecule has 1 rings (SSSR count). The van der Waals surface area contributed by atoms with Gasteiger partial charge in [-0.15, -0.1) is 0 Å². The predicted molar refractivity (Wildman–Crippen MR) is 81.8 cm³/mol. The molecule has 0 radical (unpaired) electrons. The number of nitrogens with zero attached hydrogens (tertiary/aromatic N) is 2. The number of carboxylic acids is 1. The van der Waals surface area contributed by atoms with Crippen LogP contribution in [0.4, 0.5) is 0 Å². The summed E-state index contributed by atoms with van der Waals surface area (Å²) in [7, 11) is 2.15. The van der Waals surface area contributed by atoms with Gasteiger partial charge in [-0.05, 0) is 65.3 Å². The van der Waals surface area contributed by atoms with E-state index in [0.29, 0.717) is 18.9 Å². The largest absolute Gasteiger partial charge is 0.480 e. The molecule has 20 heavy (non-hydrogen) atoms. The zero-order valence-electron chi connectivity index (χ0n) is 13.3. The number of rotatable bonds is 8. The molecule has 1 heterocycles. The Kier molecular flexibility index (Phi) is 6.92. The maximum Gasteiger partial charge on any atom is 0.323 e. The summed E-state index contributed by atoms with van der Waals surface area (Å²) < 4.78 is 0. The molecule has 0 aromatic heterocycles. The number of piperidine rings is 1. The molecule has 0 aliphatic carbocycles. The summed E-state index contributed by atoms with van der Waals surface area (Å²) in [6.45, 7) is 8.48. The van der Waals surface area contributed by atoms with Crippen molar-refractivity contribution in [1.29, 1.82) is 0 Å². The van der Waals surface area contributed by atoms with Crippen molar-refractivity contribution in [1.82, 2.24) is 9.80 Å². The van der Waals surface area contributed by atoms with Crippen LogP contribution in [-0.2, 0) is 4.79 Å². The Morgan fingerprint density at radius 3 is 2.45 bits per heavy atom. The van der Waals surface area contributed by atoms with E-state index in [1.165, 1.54) is 25.9 Å². The molecule has 1 atom stereocenters. The average Bonchev–Trinajstić information content (AvgIpc) is 2.46. The van der Waals surface area contributed by atoms with Crippen LogP contribution in [-0.4, -0.2) is 65.7 Å². The number of likely N-dealkylation sites (tertiary alicyclic amines) is 1. The van der Waals surface area contributed by atoms with E-state index in [2.05, 4.69) is 23.8 Å². The summed E-state index contributed by atoms with van der Waals surface area (Å²) in [5, 5.41) is 9.16. The van der Waals surface area contributed by atoms with E-state index >= 15 is 0 Å². The molecule has 1 unspecified atom stereocenters. The van der Waals surface area contributed by atoms with Crippen LogP contribution in [0, 0.1) is 0 Å². The molecule has 0 aromatic rings. The fourth-order valence-electron chi connectivity index (χ4n) is 2.94. The first kappa shape index (κ1) is 17.4. The van der Waals surface area contributed by atoms with Gasteiger partial charge in [-0.3, -0.25) is 4.79 Å². The van der Waals surface area contributed by atoms with Gasteiger partial charge in [0.25, 0.3) is 0 Å². The van der Waals surface area contributed by atoms with Crippen LogP contribution in [0.25, 0.3) is 0 Å². The highest BCUT2D eigenvalue weighted by atomic mass is 16.4. The van der Waals surface area contributed by atoms with Crippen LogP contribution in [0.3, 0.4) is 0 Å². The van der Waals surface area contributed by atoms with Crippen molar-refractivity contribution in [2.75, 3.05) is 33.2 Å². The maximum atomic E-state index is 11.2. The summed E-state index contributed by atoms with van der Waals surface area (Å²) in [6, 6.07) is 0.636. The minimum atomic E-state index is -1.05. The molecule has 1 fully saturated rings. The van der Waals surface area contributed by atoms with Gasteiger partial charge in [0.15, 0.2) is 0 Å². The Balaban J connectivity index is 2.30. The lowest BCUT2D eigenvalue weighted by molar-refractivity contribution is -0.143. The number of hydrogen-bond donors (Lipinski definition) is 2. The summed E-state index contributed by atoms with van der Waals surface area (Å²) >= 11 is 0. The summed E-state index contributed by atoms with van der Waals surface area (Å²) in [6.07, 6.45) is 4.31. The number of hydrogen-bond acceptors (Lipinski definition) is 4. The third-order valence-corrected chi connectivity index (χ3v) is 4.82. The van der Waals surface area contributed by atoms with Gasteiger partial charge >= 0.3 is 5.97 Å². The van der Waals surface area contributed by atoms with Gasteiger partial charge < -0.3 is 20.6 Å². The normalized spacial score (nSPS) is 21.1. The smallest absolute Gasteiger partial charge is 0.323 e. The molecule has 0 amide bonds. The van der Waals surface area contributed by atoms with Crippen molar-refractivity contribution < 1.29 is 9.90 Å². The van der Waals surface area contributed by atoms with Crippen LogP contribution in [0.5, 0.6) is 0 Å². The predicted octanol–water partition coefficient (Wildman–Crippen LogP) is 1.37. The minimum absolute atomic E-state index is 0.487. The Labute approximate surface area is 123 Å². The third-order valence-electron chi connectivity index (χ3n) is 4.82. The first-order valence-electron chi connectivity index (χ1n) is 7.87. The summed E-state index contributed by atoms with van der Waals surface area (Å²) in [4.78, 5) is 16.0. The molecule has 1 aliphatic heterocycles. The molecule has 5 heteroatoms. The lowest BCUT2D eigenvalue weighted by Crippen LogP contribution is -2.48. The van der Waals surface area contributed by atoms with Crippen molar-refractivity contribution in [3.63, 3.8) is 0 Å². The van der Waals surface area contributed by atoms with Gasteiger partial charge in [-0.1, -0.05) is 13.8 Å². The standard InChI is InChI=1S/C15H31N3O2/c1-4-15(16,14(19)20)9-6-10-17(3)13-7-11-18(5-2)12-8-13/h13H,4-12,16H2,1-3H3,(H,19,20). The lowest BCUT2D eigenvalue weighted by atomic mass is 9.91. The first-order valence-corrected chi connectivity index (χ1v) is 7.87. The van der Waals surface area contributed by atoms with E-state index < -0.39 is 11.5 Å². The Bertz CT molecular complexity index is 303. The molecular weight excluding hydrogens is 254 g/mol. The van der Waals surface area contributed by atoms with E-state index in [1.54, 1.807) is 0 Å². The average molecular weight is 285 g/mol. The highest BCUT2D eigenvalue weighted by Gasteiger charge is 2.31.